The average Bonchev–Trinajstić information content (AvgIpc) is 3.28. The Balaban J connectivity index is 1.46. The van der Waals surface area contributed by atoms with E-state index >= 15 is 0 Å². The normalized spacial score (nSPS) is 11.3. The number of oxazole rings is 1. The Labute approximate surface area is 199 Å². The highest BCUT2D eigenvalue weighted by Gasteiger charge is 2.18. The lowest BCUT2D eigenvalue weighted by Crippen LogP contribution is -1.97. The molecule has 0 spiro atoms. The molecule has 1 heterocycles. The van der Waals surface area contributed by atoms with Gasteiger partial charge in [0, 0.05) is 23.4 Å². The van der Waals surface area contributed by atoms with Crippen LogP contribution in [-0.4, -0.2) is 21.2 Å². The fourth-order valence-corrected chi connectivity index (χ4v) is 3.73. The second kappa shape index (κ2) is 9.18. The number of nitro groups is 1. The van der Waals surface area contributed by atoms with Crippen molar-refractivity contribution in [3.8, 4) is 17.2 Å². The van der Waals surface area contributed by atoms with Gasteiger partial charge in [-0.1, -0.05) is 30.3 Å². The first-order valence-electron chi connectivity index (χ1n) is 10.7. The predicted molar refractivity (Wildman–Crippen MR) is 131 cm³/mol. The van der Waals surface area contributed by atoms with Crippen molar-refractivity contribution < 1.29 is 18.8 Å². The summed E-state index contributed by atoms with van der Waals surface area (Å²) >= 11 is 0. The molecule has 0 bridgehead atoms. The molecular formula is C27H18FN3O4. The van der Waals surface area contributed by atoms with E-state index in [2.05, 4.69) is 9.98 Å². The molecular weight excluding hydrogens is 449 g/mol. The van der Waals surface area contributed by atoms with Crippen molar-refractivity contribution in [3.63, 3.8) is 0 Å². The first kappa shape index (κ1) is 22.0. The molecule has 0 aliphatic carbocycles. The van der Waals surface area contributed by atoms with Crippen molar-refractivity contribution in [2.24, 2.45) is 4.99 Å². The lowest BCUT2D eigenvalue weighted by atomic mass is 10.0. The summed E-state index contributed by atoms with van der Waals surface area (Å²) in [5.41, 5.74) is 3.76. The van der Waals surface area contributed by atoms with Crippen LogP contribution in [0.1, 0.15) is 16.7 Å². The Morgan fingerprint density at radius 3 is 2.51 bits per heavy atom. The van der Waals surface area contributed by atoms with E-state index in [1.165, 1.54) is 24.4 Å². The summed E-state index contributed by atoms with van der Waals surface area (Å²) < 4.78 is 18.9. The molecule has 7 nitrogen and oxygen atoms in total. The predicted octanol–water partition coefficient (Wildman–Crippen LogP) is 6.59. The summed E-state index contributed by atoms with van der Waals surface area (Å²) in [7, 11) is 0. The van der Waals surface area contributed by atoms with Crippen LogP contribution < -0.4 is 0 Å². The fourth-order valence-electron chi connectivity index (χ4n) is 3.73. The molecule has 1 aromatic heterocycles. The van der Waals surface area contributed by atoms with E-state index in [-0.39, 0.29) is 17.1 Å². The van der Waals surface area contributed by atoms with E-state index in [9.17, 15) is 19.6 Å². The minimum atomic E-state index is -0.612. The molecule has 35 heavy (non-hydrogen) atoms. The van der Waals surface area contributed by atoms with Gasteiger partial charge >= 0.3 is 5.69 Å². The zero-order chi connectivity index (χ0) is 24.4. The number of rotatable bonds is 6. The lowest BCUT2D eigenvalue weighted by molar-refractivity contribution is -0.385. The number of hydrogen-bond donors (Lipinski definition) is 1. The monoisotopic (exact) mass is 467 g/mol. The van der Waals surface area contributed by atoms with Crippen LogP contribution in [0.5, 0.6) is 5.75 Å². The molecule has 1 N–H and O–H groups in total. The molecule has 4 aromatic carbocycles. The zero-order valence-electron chi connectivity index (χ0n) is 18.3. The van der Waals surface area contributed by atoms with Gasteiger partial charge in [0.25, 0.3) is 0 Å². The number of hydrogen-bond acceptors (Lipinski definition) is 6. The third kappa shape index (κ3) is 4.77. The molecule has 0 saturated heterocycles. The summed E-state index contributed by atoms with van der Waals surface area (Å²) in [6, 6.07) is 23.5. The molecule has 0 saturated carbocycles. The number of phenolic OH excluding ortho intramolecular Hbond substituents is 1. The Bertz CT molecular complexity index is 1560. The molecule has 172 valence electrons. The van der Waals surface area contributed by atoms with Crippen LogP contribution in [-0.2, 0) is 6.42 Å². The Hall–Kier alpha value is -4.85. The maximum Gasteiger partial charge on any atom is 0.311 e. The van der Waals surface area contributed by atoms with Gasteiger partial charge in [-0.05, 0) is 66.1 Å². The topological polar surface area (TPSA) is 102 Å². The van der Waals surface area contributed by atoms with Crippen LogP contribution in [0.4, 0.5) is 15.8 Å². The van der Waals surface area contributed by atoms with Crippen LogP contribution >= 0.6 is 0 Å². The highest BCUT2D eigenvalue weighted by Crippen LogP contribution is 2.32. The molecule has 0 atom stereocenters. The number of halogens is 1. The smallest absolute Gasteiger partial charge is 0.311 e. The van der Waals surface area contributed by atoms with Crippen molar-refractivity contribution in [1.82, 2.24) is 4.98 Å². The number of benzene rings is 4. The van der Waals surface area contributed by atoms with Crippen molar-refractivity contribution in [2.75, 3.05) is 0 Å². The summed E-state index contributed by atoms with van der Waals surface area (Å²) in [5.74, 6) is -0.447. The molecule has 0 amide bonds. The van der Waals surface area contributed by atoms with Gasteiger partial charge in [-0.15, -0.1) is 0 Å². The fraction of sp³-hybridized carbons (Fsp3) is 0.0370. The third-order valence-corrected chi connectivity index (χ3v) is 5.44. The van der Waals surface area contributed by atoms with E-state index < -0.39 is 10.7 Å². The maximum absolute atomic E-state index is 13.2. The summed E-state index contributed by atoms with van der Waals surface area (Å²) in [6.07, 6.45) is 1.86. The molecule has 5 rings (SSSR count). The van der Waals surface area contributed by atoms with Crippen LogP contribution in [0.15, 0.2) is 94.3 Å². The van der Waals surface area contributed by atoms with E-state index in [0.717, 1.165) is 5.56 Å². The number of aliphatic imine (C=N–C) groups is 1. The number of nitrogens with zero attached hydrogens (tertiary/aromatic N) is 3. The molecule has 0 unspecified atom stereocenters. The highest BCUT2D eigenvalue weighted by atomic mass is 19.1. The van der Waals surface area contributed by atoms with Gasteiger partial charge in [-0.2, -0.15) is 0 Å². The average molecular weight is 467 g/mol. The molecule has 0 fully saturated rings. The van der Waals surface area contributed by atoms with Crippen molar-refractivity contribution >= 4 is 28.7 Å². The quantitative estimate of drug-likeness (QED) is 0.172. The van der Waals surface area contributed by atoms with Crippen LogP contribution in [0.25, 0.3) is 22.6 Å². The number of aromatic hydroxyl groups is 1. The van der Waals surface area contributed by atoms with Crippen LogP contribution in [0.3, 0.4) is 0 Å². The first-order valence-corrected chi connectivity index (χ1v) is 10.7. The van der Waals surface area contributed by atoms with E-state index in [0.29, 0.717) is 40.2 Å². The van der Waals surface area contributed by atoms with Gasteiger partial charge in [0.15, 0.2) is 5.58 Å². The van der Waals surface area contributed by atoms with Gasteiger partial charge in [0.2, 0.25) is 11.6 Å². The number of fused-ring (bicyclic) bond motifs is 1. The van der Waals surface area contributed by atoms with Crippen molar-refractivity contribution in [1.29, 1.82) is 0 Å². The van der Waals surface area contributed by atoms with Crippen molar-refractivity contribution in [2.45, 2.75) is 6.42 Å². The zero-order valence-corrected chi connectivity index (χ0v) is 18.3. The van der Waals surface area contributed by atoms with Crippen LogP contribution in [0.2, 0.25) is 0 Å². The number of phenols is 1. The van der Waals surface area contributed by atoms with Crippen molar-refractivity contribution in [3.05, 3.63) is 118 Å². The Morgan fingerprint density at radius 2 is 1.77 bits per heavy atom. The highest BCUT2D eigenvalue weighted by molar-refractivity contribution is 5.89. The number of nitro benzene ring substituents is 1. The summed E-state index contributed by atoms with van der Waals surface area (Å²) in [5, 5.41) is 22.0. The number of aromatic nitrogens is 1. The van der Waals surface area contributed by atoms with E-state index in [4.69, 9.17) is 4.42 Å². The maximum atomic E-state index is 13.2. The minimum absolute atomic E-state index is 0.234. The first-order chi connectivity index (χ1) is 17.0. The van der Waals surface area contributed by atoms with E-state index in [1.54, 1.807) is 36.4 Å². The minimum Gasteiger partial charge on any atom is -0.502 e. The van der Waals surface area contributed by atoms with Gasteiger partial charge in [0.1, 0.15) is 11.3 Å². The molecule has 0 radical (unpaired) electrons. The molecule has 0 aliphatic rings. The Morgan fingerprint density at radius 1 is 1.00 bits per heavy atom. The van der Waals surface area contributed by atoms with E-state index in [1.807, 2.05) is 30.3 Å². The second-order valence-electron chi connectivity index (χ2n) is 7.91. The standard InChI is InChI=1S/C27H18FN3O4/c28-21-8-6-19(7-9-21)27-30-23-15-22(10-11-25(23)35-27)29-16-20-13-18(12-17-4-2-1-3-5-17)14-24(26(20)32)31(33)34/h1-11,13-16,32H,12H2. The largest absolute Gasteiger partial charge is 0.502 e. The summed E-state index contributed by atoms with van der Waals surface area (Å²) in [6.45, 7) is 0. The van der Waals surface area contributed by atoms with Gasteiger partial charge < -0.3 is 9.52 Å². The second-order valence-corrected chi connectivity index (χ2v) is 7.91. The third-order valence-electron chi connectivity index (χ3n) is 5.44. The molecule has 8 heteroatoms. The lowest BCUT2D eigenvalue weighted by Gasteiger charge is -2.06. The van der Waals surface area contributed by atoms with Gasteiger partial charge in [-0.25, -0.2) is 9.37 Å². The van der Waals surface area contributed by atoms with Gasteiger partial charge in [-0.3, -0.25) is 15.1 Å². The molecule has 0 aliphatic heterocycles. The Kier molecular flexibility index (Phi) is 5.76. The molecule has 5 aromatic rings. The van der Waals surface area contributed by atoms with Crippen LogP contribution in [0, 0.1) is 15.9 Å². The van der Waals surface area contributed by atoms with Gasteiger partial charge in [0.05, 0.1) is 10.6 Å². The summed E-state index contributed by atoms with van der Waals surface area (Å²) in [4.78, 5) is 19.7. The SMILES string of the molecule is O=[N+]([O-])c1cc(Cc2ccccc2)cc(C=Nc2ccc3oc(-c4ccc(F)cc4)nc3c2)c1O.